The van der Waals surface area contributed by atoms with Gasteiger partial charge in [0, 0.05) is 24.8 Å². The molecule has 3 heteroatoms. The molecule has 0 aliphatic heterocycles. The van der Waals surface area contributed by atoms with Gasteiger partial charge in [-0.3, -0.25) is 4.79 Å². The molecule has 104 valence electrons. The van der Waals surface area contributed by atoms with Gasteiger partial charge in [-0.2, -0.15) is 0 Å². The molecule has 0 saturated carbocycles. The molecule has 20 heavy (non-hydrogen) atoms. The van der Waals surface area contributed by atoms with Crippen LogP contribution in [-0.2, 0) is 6.54 Å². The molecule has 0 unspecified atom stereocenters. The van der Waals surface area contributed by atoms with Gasteiger partial charge in [0.05, 0.1) is 0 Å². The normalized spacial score (nSPS) is 10.3. The average Bonchev–Trinajstić information content (AvgIpc) is 2.42. The third-order valence-corrected chi connectivity index (χ3v) is 3.49. The first-order valence-electron chi connectivity index (χ1n) is 6.65. The molecule has 1 amide bonds. The zero-order valence-electron chi connectivity index (χ0n) is 12.2. The van der Waals surface area contributed by atoms with Crippen LogP contribution in [-0.4, -0.2) is 17.9 Å². The van der Waals surface area contributed by atoms with Crippen LogP contribution < -0.4 is 5.73 Å². The molecule has 0 bridgehead atoms. The van der Waals surface area contributed by atoms with Crippen LogP contribution in [0.25, 0.3) is 0 Å². The maximum atomic E-state index is 12.4. The van der Waals surface area contributed by atoms with Crippen molar-refractivity contribution in [1.29, 1.82) is 0 Å². The molecule has 0 fully saturated rings. The Labute approximate surface area is 120 Å². The van der Waals surface area contributed by atoms with E-state index in [1.807, 2.05) is 63.4 Å². The van der Waals surface area contributed by atoms with Crippen LogP contribution in [0.1, 0.15) is 27.0 Å². The molecule has 0 aromatic heterocycles. The largest absolute Gasteiger partial charge is 0.399 e. The molecular weight excluding hydrogens is 248 g/mol. The van der Waals surface area contributed by atoms with Crippen molar-refractivity contribution in [3.63, 3.8) is 0 Å². The van der Waals surface area contributed by atoms with Crippen LogP contribution in [0.3, 0.4) is 0 Å². The first-order valence-corrected chi connectivity index (χ1v) is 6.65. The van der Waals surface area contributed by atoms with E-state index >= 15 is 0 Å². The van der Waals surface area contributed by atoms with Crippen molar-refractivity contribution in [1.82, 2.24) is 4.90 Å². The van der Waals surface area contributed by atoms with E-state index in [1.54, 1.807) is 4.90 Å². The summed E-state index contributed by atoms with van der Waals surface area (Å²) in [5, 5.41) is 0. The van der Waals surface area contributed by atoms with Gasteiger partial charge >= 0.3 is 0 Å². The van der Waals surface area contributed by atoms with Gasteiger partial charge in [-0.25, -0.2) is 0 Å². The monoisotopic (exact) mass is 268 g/mol. The molecule has 0 radical (unpaired) electrons. The van der Waals surface area contributed by atoms with E-state index in [1.165, 1.54) is 0 Å². The van der Waals surface area contributed by atoms with E-state index in [9.17, 15) is 4.79 Å². The standard InChI is InChI=1S/C17H20N2O/c1-12-6-4-5-7-15(12)17(20)19(3)11-14-9-8-13(2)16(18)10-14/h4-10H,11,18H2,1-3H3. The third kappa shape index (κ3) is 2.99. The van der Waals surface area contributed by atoms with Crippen molar-refractivity contribution in [3.05, 3.63) is 64.7 Å². The number of aryl methyl sites for hydroxylation is 2. The fourth-order valence-corrected chi connectivity index (χ4v) is 2.15. The van der Waals surface area contributed by atoms with E-state index in [2.05, 4.69) is 0 Å². The summed E-state index contributed by atoms with van der Waals surface area (Å²) < 4.78 is 0. The Kier molecular flexibility index (Phi) is 4.08. The van der Waals surface area contributed by atoms with E-state index in [4.69, 9.17) is 5.73 Å². The van der Waals surface area contributed by atoms with Crippen LogP contribution in [0.4, 0.5) is 5.69 Å². The van der Waals surface area contributed by atoms with Crippen LogP contribution in [0.15, 0.2) is 42.5 Å². The molecule has 2 aromatic carbocycles. The third-order valence-electron chi connectivity index (χ3n) is 3.49. The Balaban J connectivity index is 2.15. The van der Waals surface area contributed by atoms with Gasteiger partial charge in [0.25, 0.3) is 5.91 Å². The van der Waals surface area contributed by atoms with Crippen LogP contribution in [0, 0.1) is 13.8 Å². The molecule has 3 nitrogen and oxygen atoms in total. The Bertz CT molecular complexity index is 635. The molecule has 0 aliphatic rings. The highest BCUT2D eigenvalue weighted by Gasteiger charge is 2.14. The predicted octanol–water partition coefficient (Wildman–Crippen LogP) is 3.16. The number of anilines is 1. The van der Waals surface area contributed by atoms with Crippen LogP contribution >= 0.6 is 0 Å². The summed E-state index contributed by atoms with van der Waals surface area (Å²) in [7, 11) is 1.81. The Morgan fingerprint density at radius 2 is 1.80 bits per heavy atom. The smallest absolute Gasteiger partial charge is 0.254 e. The van der Waals surface area contributed by atoms with Gasteiger partial charge in [0.15, 0.2) is 0 Å². The molecule has 0 spiro atoms. The van der Waals surface area contributed by atoms with Gasteiger partial charge in [0.2, 0.25) is 0 Å². The van der Waals surface area contributed by atoms with Gasteiger partial charge in [0.1, 0.15) is 0 Å². The zero-order valence-corrected chi connectivity index (χ0v) is 12.2. The summed E-state index contributed by atoms with van der Waals surface area (Å²) in [6.07, 6.45) is 0. The lowest BCUT2D eigenvalue weighted by molar-refractivity contribution is 0.0784. The second-order valence-corrected chi connectivity index (χ2v) is 5.17. The van der Waals surface area contributed by atoms with Gasteiger partial charge in [-0.05, 0) is 42.7 Å². The first-order chi connectivity index (χ1) is 9.49. The zero-order chi connectivity index (χ0) is 14.7. The lowest BCUT2D eigenvalue weighted by atomic mass is 10.1. The maximum absolute atomic E-state index is 12.4. The van der Waals surface area contributed by atoms with Gasteiger partial charge in [-0.1, -0.05) is 30.3 Å². The van der Waals surface area contributed by atoms with Crippen molar-refractivity contribution in [3.8, 4) is 0 Å². The highest BCUT2D eigenvalue weighted by atomic mass is 16.2. The van der Waals surface area contributed by atoms with Crippen molar-refractivity contribution in [2.24, 2.45) is 0 Å². The summed E-state index contributed by atoms with van der Waals surface area (Å²) in [5.74, 6) is 0.0299. The molecule has 2 rings (SSSR count). The van der Waals surface area contributed by atoms with Gasteiger partial charge < -0.3 is 10.6 Å². The number of rotatable bonds is 3. The Morgan fingerprint density at radius 1 is 1.10 bits per heavy atom. The summed E-state index contributed by atoms with van der Waals surface area (Å²) in [5.41, 5.74) is 10.5. The van der Waals surface area contributed by atoms with Crippen LogP contribution in [0.5, 0.6) is 0 Å². The maximum Gasteiger partial charge on any atom is 0.254 e. The molecular formula is C17H20N2O. The molecule has 0 heterocycles. The minimum Gasteiger partial charge on any atom is -0.399 e. The van der Waals surface area contributed by atoms with Crippen LogP contribution in [0.2, 0.25) is 0 Å². The topological polar surface area (TPSA) is 46.3 Å². The van der Waals surface area contributed by atoms with Crippen molar-refractivity contribution in [2.75, 3.05) is 12.8 Å². The molecule has 0 aliphatic carbocycles. The van der Waals surface area contributed by atoms with E-state index in [0.29, 0.717) is 6.54 Å². The molecule has 0 atom stereocenters. The summed E-state index contributed by atoms with van der Waals surface area (Å²) in [6, 6.07) is 13.5. The Hall–Kier alpha value is -2.29. The number of amides is 1. The average molecular weight is 268 g/mol. The number of hydrogen-bond donors (Lipinski definition) is 1. The molecule has 2 aromatic rings. The summed E-state index contributed by atoms with van der Waals surface area (Å²) >= 11 is 0. The number of hydrogen-bond acceptors (Lipinski definition) is 2. The number of nitrogens with zero attached hydrogens (tertiary/aromatic N) is 1. The van der Waals surface area contributed by atoms with Crippen molar-refractivity contribution >= 4 is 11.6 Å². The molecule has 0 saturated heterocycles. The summed E-state index contributed by atoms with van der Waals surface area (Å²) in [6.45, 7) is 4.48. The van der Waals surface area contributed by atoms with E-state index in [0.717, 1.165) is 27.9 Å². The predicted molar refractivity (Wildman–Crippen MR) is 82.6 cm³/mol. The SMILES string of the molecule is Cc1ccc(CN(C)C(=O)c2ccccc2C)cc1N. The van der Waals surface area contributed by atoms with Crippen molar-refractivity contribution < 1.29 is 4.79 Å². The fourth-order valence-electron chi connectivity index (χ4n) is 2.15. The highest BCUT2D eigenvalue weighted by Crippen LogP contribution is 2.16. The highest BCUT2D eigenvalue weighted by molar-refractivity contribution is 5.95. The number of carbonyl (C=O) groups is 1. The number of nitrogen functional groups attached to an aromatic ring is 1. The molecule has 2 N–H and O–H groups in total. The minimum atomic E-state index is 0.0299. The number of benzene rings is 2. The van der Waals surface area contributed by atoms with Gasteiger partial charge in [-0.15, -0.1) is 0 Å². The fraction of sp³-hybridized carbons (Fsp3) is 0.235. The van der Waals surface area contributed by atoms with E-state index < -0.39 is 0 Å². The second-order valence-electron chi connectivity index (χ2n) is 5.17. The number of carbonyl (C=O) groups excluding carboxylic acids is 1. The Morgan fingerprint density at radius 3 is 2.45 bits per heavy atom. The van der Waals surface area contributed by atoms with E-state index in [-0.39, 0.29) is 5.91 Å². The quantitative estimate of drug-likeness (QED) is 0.869. The first kappa shape index (κ1) is 14.1. The van der Waals surface area contributed by atoms with Crippen molar-refractivity contribution in [2.45, 2.75) is 20.4 Å². The minimum absolute atomic E-state index is 0.0299. The lowest BCUT2D eigenvalue weighted by Crippen LogP contribution is -2.26. The summed E-state index contributed by atoms with van der Waals surface area (Å²) in [4.78, 5) is 14.1. The lowest BCUT2D eigenvalue weighted by Gasteiger charge is -2.19. The number of nitrogens with two attached hydrogens (primary N) is 1. The second kappa shape index (κ2) is 5.78.